The number of carbonyl (C=O) groups excluding carboxylic acids is 1. The molecule has 0 amide bonds. The van der Waals surface area contributed by atoms with Gasteiger partial charge in [0.25, 0.3) is 0 Å². The first-order valence-corrected chi connectivity index (χ1v) is 4.23. The largest absolute Gasteiger partial charge is 0.303 e. The number of rotatable bonds is 2. The lowest BCUT2D eigenvalue weighted by atomic mass is 9.87. The standard InChI is InChI=1S/C10H16O/c1-8(2)9-4-5-10(3,6-9)7-11/h4,7-8H,5-6H2,1-3H3. The van der Waals surface area contributed by atoms with Crippen LogP contribution in [0, 0.1) is 11.3 Å². The molecule has 1 aliphatic rings. The van der Waals surface area contributed by atoms with Crippen molar-refractivity contribution in [2.45, 2.75) is 33.6 Å². The van der Waals surface area contributed by atoms with Crippen LogP contribution in [0.15, 0.2) is 11.6 Å². The number of hydrogen-bond acceptors (Lipinski definition) is 1. The van der Waals surface area contributed by atoms with Gasteiger partial charge in [-0.15, -0.1) is 0 Å². The quantitative estimate of drug-likeness (QED) is 0.439. The monoisotopic (exact) mass is 152 g/mol. The van der Waals surface area contributed by atoms with Crippen LogP contribution < -0.4 is 0 Å². The fourth-order valence-electron chi connectivity index (χ4n) is 1.50. The molecule has 0 aromatic heterocycles. The Kier molecular flexibility index (Phi) is 2.17. The minimum absolute atomic E-state index is 0.0837. The van der Waals surface area contributed by atoms with E-state index in [0.29, 0.717) is 5.92 Å². The average Bonchev–Trinajstić information content (AvgIpc) is 2.33. The van der Waals surface area contributed by atoms with E-state index < -0.39 is 0 Å². The smallest absolute Gasteiger partial charge is 0.126 e. The highest BCUT2D eigenvalue weighted by atomic mass is 16.1. The lowest BCUT2D eigenvalue weighted by Gasteiger charge is -2.16. The Balaban J connectivity index is 2.62. The van der Waals surface area contributed by atoms with Gasteiger partial charge in [0.15, 0.2) is 0 Å². The summed E-state index contributed by atoms with van der Waals surface area (Å²) in [5, 5.41) is 0. The molecular weight excluding hydrogens is 136 g/mol. The van der Waals surface area contributed by atoms with E-state index in [0.717, 1.165) is 19.1 Å². The molecule has 11 heavy (non-hydrogen) atoms. The number of allylic oxidation sites excluding steroid dienone is 2. The van der Waals surface area contributed by atoms with E-state index in [9.17, 15) is 4.79 Å². The Bertz CT molecular complexity index is 191. The first-order chi connectivity index (χ1) is 5.07. The number of carbonyl (C=O) groups is 1. The van der Waals surface area contributed by atoms with Crippen LogP contribution in [0.25, 0.3) is 0 Å². The number of aldehydes is 1. The van der Waals surface area contributed by atoms with Gasteiger partial charge in [-0.05, 0) is 18.8 Å². The van der Waals surface area contributed by atoms with Gasteiger partial charge in [-0.2, -0.15) is 0 Å². The Morgan fingerprint density at radius 1 is 1.64 bits per heavy atom. The zero-order valence-electron chi connectivity index (χ0n) is 7.55. The van der Waals surface area contributed by atoms with Crippen molar-refractivity contribution in [2.75, 3.05) is 0 Å². The molecule has 0 saturated heterocycles. The lowest BCUT2D eigenvalue weighted by molar-refractivity contribution is -0.115. The van der Waals surface area contributed by atoms with Gasteiger partial charge in [0.2, 0.25) is 0 Å². The molecule has 0 bridgehead atoms. The molecule has 0 saturated carbocycles. The third-order valence-electron chi connectivity index (χ3n) is 2.46. The second-order valence-electron chi connectivity index (χ2n) is 4.09. The van der Waals surface area contributed by atoms with Crippen LogP contribution in [0.4, 0.5) is 0 Å². The van der Waals surface area contributed by atoms with E-state index in [1.54, 1.807) is 0 Å². The maximum Gasteiger partial charge on any atom is 0.126 e. The topological polar surface area (TPSA) is 17.1 Å². The van der Waals surface area contributed by atoms with E-state index in [1.807, 2.05) is 6.92 Å². The van der Waals surface area contributed by atoms with Gasteiger partial charge in [-0.25, -0.2) is 0 Å². The van der Waals surface area contributed by atoms with Gasteiger partial charge in [0.1, 0.15) is 6.29 Å². The van der Waals surface area contributed by atoms with Crippen molar-refractivity contribution >= 4 is 6.29 Å². The van der Waals surface area contributed by atoms with Crippen LogP contribution in [0.2, 0.25) is 0 Å². The molecule has 1 heteroatoms. The molecule has 0 spiro atoms. The molecule has 1 atom stereocenters. The summed E-state index contributed by atoms with van der Waals surface area (Å²) in [5.74, 6) is 0.608. The average molecular weight is 152 g/mol. The fourth-order valence-corrected chi connectivity index (χ4v) is 1.50. The highest BCUT2D eigenvalue weighted by Crippen LogP contribution is 2.37. The van der Waals surface area contributed by atoms with Crippen LogP contribution in [0.5, 0.6) is 0 Å². The summed E-state index contributed by atoms with van der Waals surface area (Å²) in [4.78, 5) is 10.7. The van der Waals surface area contributed by atoms with E-state index >= 15 is 0 Å². The summed E-state index contributed by atoms with van der Waals surface area (Å²) in [6, 6.07) is 0. The van der Waals surface area contributed by atoms with E-state index in [-0.39, 0.29) is 5.41 Å². The molecule has 1 aliphatic carbocycles. The highest BCUT2D eigenvalue weighted by molar-refractivity contribution is 5.61. The van der Waals surface area contributed by atoms with Gasteiger partial charge >= 0.3 is 0 Å². The van der Waals surface area contributed by atoms with Crippen molar-refractivity contribution in [3.05, 3.63) is 11.6 Å². The van der Waals surface area contributed by atoms with Gasteiger partial charge in [-0.1, -0.05) is 32.4 Å². The first-order valence-electron chi connectivity index (χ1n) is 4.23. The second kappa shape index (κ2) is 2.80. The van der Waals surface area contributed by atoms with E-state index in [4.69, 9.17) is 0 Å². The summed E-state index contributed by atoms with van der Waals surface area (Å²) in [5.41, 5.74) is 1.36. The minimum atomic E-state index is -0.0837. The van der Waals surface area contributed by atoms with Crippen molar-refractivity contribution < 1.29 is 4.79 Å². The molecule has 0 N–H and O–H groups in total. The second-order valence-corrected chi connectivity index (χ2v) is 4.09. The molecular formula is C10H16O. The maximum absolute atomic E-state index is 10.7. The van der Waals surface area contributed by atoms with Crippen molar-refractivity contribution in [3.63, 3.8) is 0 Å². The van der Waals surface area contributed by atoms with E-state index in [2.05, 4.69) is 19.9 Å². The Labute approximate surface area is 68.5 Å². The third kappa shape index (κ3) is 1.70. The molecule has 1 rings (SSSR count). The Hall–Kier alpha value is -0.590. The summed E-state index contributed by atoms with van der Waals surface area (Å²) in [6.45, 7) is 6.40. The molecule has 0 aliphatic heterocycles. The molecule has 0 aromatic carbocycles. The summed E-state index contributed by atoms with van der Waals surface area (Å²) >= 11 is 0. The van der Waals surface area contributed by atoms with Crippen LogP contribution in [-0.2, 0) is 4.79 Å². The van der Waals surface area contributed by atoms with Crippen LogP contribution in [0.1, 0.15) is 33.6 Å². The first kappa shape index (κ1) is 8.51. The zero-order valence-corrected chi connectivity index (χ0v) is 7.55. The van der Waals surface area contributed by atoms with Crippen molar-refractivity contribution in [1.82, 2.24) is 0 Å². The zero-order chi connectivity index (χ0) is 8.48. The molecule has 0 fully saturated rings. The SMILES string of the molecule is CC(C)C1=CCC(C)(C=O)C1. The Morgan fingerprint density at radius 3 is 2.55 bits per heavy atom. The van der Waals surface area contributed by atoms with E-state index in [1.165, 1.54) is 5.57 Å². The fraction of sp³-hybridized carbons (Fsp3) is 0.700. The van der Waals surface area contributed by atoms with Gasteiger partial charge < -0.3 is 4.79 Å². The predicted molar refractivity (Wildman–Crippen MR) is 46.3 cm³/mol. The van der Waals surface area contributed by atoms with Gasteiger partial charge in [-0.3, -0.25) is 0 Å². The highest BCUT2D eigenvalue weighted by Gasteiger charge is 2.29. The van der Waals surface area contributed by atoms with Gasteiger partial charge in [0, 0.05) is 5.41 Å². The van der Waals surface area contributed by atoms with Crippen LogP contribution >= 0.6 is 0 Å². The van der Waals surface area contributed by atoms with Crippen molar-refractivity contribution in [1.29, 1.82) is 0 Å². The summed E-state index contributed by atoms with van der Waals surface area (Å²) in [7, 11) is 0. The summed E-state index contributed by atoms with van der Waals surface area (Å²) in [6.07, 6.45) is 5.22. The predicted octanol–water partition coefficient (Wildman–Crippen LogP) is 2.57. The molecule has 1 unspecified atom stereocenters. The molecule has 62 valence electrons. The summed E-state index contributed by atoms with van der Waals surface area (Å²) < 4.78 is 0. The van der Waals surface area contributed by atoms with Gasteiger partial charge in [0.05, 0.1) is 0 Å². The molecule has 0 aromatic rings. The third-order valence-corrected chi connectivity index (χ3v) is 2.46. The number of hydrogen-bond donors (Lipinski definition) is 0. The Morgan fingerprint density at radius 2 is 2.27 bits per heavy atom. The minimum Gasteiger partial charge on any atom is -0.303 e. The normalized spacial score (nSPS) is 30.7. The molecule has 0 radical (unpaired) electrons. The molecule has 0 heterocycles. The van der Waals surface area contributed by atoms with Crippen molar-refractivity contribution in [3.8, 4) is 0 Å². The lowest BCUT2D eigenvalue weighted by Crippen LogP contribution is -2.13. The van der Waals surface area contributed by atoms with Crippen molar-refractivity contribution in [2.24, 2.45) is 11.3 Å². The molecule has 1 nitrogen and oxygen atoms in total. The maximum atomic E-state index is 10.7. The van der Waals surface area contributed by atoms with Crippen LogP contribution in [-0.4, -0.2) is 6.29 Å². The van der Waals surface area contributed by atoms with Crippen LogP contribution in [0.3, 0.4) is 0 Å².